The van der Waals surface area contributed by atoms with E-state index in [0.29, 0.717) is 17.7 Å². The Morgan fingerprint density at radius 3 is 2.22 bits per heavy atom. The summed E-state index contributed by atoms with van der Waals surface area (Å²) in [4.78, 5) is 22.0. The number of carbonyl (C=O) groups is 1. The Hall–Kier alpha value is -3.04. The van der Waals surface area contributed by atoms with E-state index in [4.69, 9.17) is 0 Å². The summed E-state index contributed by atoms with van der Waals surface area (Å²) < 4.78 is 25.3. The standard InChI is InChI=1S/C18H19N3O5S/c1-19-27(25,26)13-16-4-2-15(3-5-16)12-20-18(22)11-8-14-6-9-17(10-7-14)21(23)24/h2-11,19H,12-13H2,1H3,(H,20,22)/b11-8+. The van der Waals surface area contributed by atoms with Crippen molar-refractivity contribution in [2.75, 3.05) is 7.05 Å². The number of amides is 1. The van der Waals surface area contributed by atoms with Crippen molar-refractivity contribution in [3.63, 3.8) is 0 Å². The predicted octanol–water partition coefficient (Wildman–Crippen LogP) is 1.97. The predicted molar refractivity (Wildman–Crippen MR) is 102 cm³/mol. The second kappa shape index (κ2) is 9.06. The molecule has 0 aliphatic rings. The average molecular weight is 389 g/mol. The Bertz CT molecular complexity index is 936. The zero-order valence-corrected chi connectivity index (χ0v) is 15.4. The fraction of sp³-hybridized carbons (Fsp3) is 0.167. The highest BCUT2D eigenvalue weighted by Gasteiger charge is 2.08. The summed E-state index contributed by atoms with van der Waals surface area (Å²) in [6, 6.07) is 12.7. The van der Waals surface area contributed by atoms with E-state index < -0.39 is 14.9 Å². The highest BCUT2D eigenvalue weighted by atomic mass is 32.2. The van der Waals surface area contributed by atoms with E-state index in [1.165, 1.54) is 25.3 Å². The molecule has 0 saturated heterocycles. The van der Waals surface area contributed by atoms with Gasteiger partial charge in [-0.1, -0.05) is 24.3 Å². The largest absolute Gasteiger partial charge is 0.348 e. The third-order valence-electron chi connectivity index (χ3n) is 3.69. The molecule has 142 valence electrons. The molecule has 0 fully saturated rings. The fourth-order valence-corrected chi connectivity index (χ4v) is 2.95. The fourth-order valence-electron chi connectivity index (χ4n) is 2.17. The second-order valence-electron chi connectivity index (χ2n) is 5.68. The molecule has 2 aromatic rings. The van der Waals surface area contributed by atoms with Gasteiger partial charge in [0.15, 0.2) is 0 Å². The van der Waals surface area contributed by atoms with E-state index in [9.17, 15) is 23.3 Å². The lowest BCUT2D eigenvalue weighted by molar-refractivity contribution is -0.384. The molecule has 0 aliphatic carbocycles. The molecule has 0 aliphatic heterocycles. The summed E-state index contributed by atoms with van der Waals surface area (Å²) in [5, 5.41) is 13.3. The number of hydrogen-bond donors (Lipinski definition) is 2. The molecule has 0 saturated carbocycles. The highest BCUT2D eigenvalue weighted by molar-refractivity contribution is 7.88. The number of nitro groups is 1. The van der Waals surface area contributed by atoms with Gasteiger partial charge in [0, 0.05) is 24.8 Å². The Labute approximate surface area is 157 Å². The topological polar surface area (TPSA) is 118 Å². The van der Waals surface area contributed by atoms with Crippen LogP contribution in [0.4, 0.5) is 5.69 Å². The number of sulfonamides is 1. The van der Waals surface area contributed by atoms with Crippen LogP contribution in [0.15, 0.2) is 54.6 Å². The smallest absolute Gasteiger partial charge is 0.269 e. The molecule has 2 aromatic carbocycles. The van der Waals surface area contributed by atoms with Crippen molar-refractivity contribution >= 4 is 27.7 Å². The summed E-state index contributed by atoms with van der Waals surface area (Å²) in [6.45, 7) is 0.294. The molecule has 2 N–H and O–H groups in total. The normalized spacial score (nSPS) is 11.4. The number of rotatable bonds is 8. The molecule has 0 atom stereocenters. The first kappa shape index (κ1) is 20.3. The first-order chi connectivity index (χ1) is 12.8. The van der Waals surface area contributed by atoms with Gasteiger partial charge in [0.05, 0.1) is 10.7 Å². The van der Waals surface area contributed by atoms with Gasteiger partial charge in [0.1, 0.15) is 0 Å². The zero-order chi connectivity index (χ0) is 19.9. The molecule has 0 radical (unpaired) electrons. The van der Waals surface area contributed by atoms with Crippen molar-refractivity contribution in [2.24, 2.45) is 0 Å². The van der Waals surface area contributed by atoms with Crippen LogP contribution < -0.4 is 10.0 Å². The number of nitrogens with zero attached hydrogens (tertiary/aromatic N) is 1. The van der Waals surface area contributed by atoms with Gasteiger partial charge in [0.2, 0.25) is 15.9 Å². The second-order valence-corrected chi connectivity index (χ2v) is 7.61. The lowest BCUT2D eigenvalue weighted by Gasteiger charge is -2.06. The molecule has 0 bridgehead atoms. The molecule has 1 amide bonds. The van der Waals surface area contributed by atoms with Crippen LogP contribution in [0.25, 0.3) is 6.08 Å². The third kappa shape index (κ3) is 6.65. The van der Waals surface area contributed by atoms with Crippen molar-refractivity contribution in [3.8, 4) is 0 Å². The van der Waals surface area contributed by atoms with E-state index in [2.05, 4.69) is 10.0 Å². The van der Waals surface area contributed by atoms with Gasteiger partial charge < -0.3 is 5.32 Å². The number of non-ortho nitro benzene ring substituents is 1. The minimum Gasteiger partial charge on any atom is -0.348 e. The molecule has 0 heterocycles. The van der Waals surface area contributed by atoms with Crippen molar-refractivity contribution in [1.82, 2.24) is 10.0 Å². The Kier molecular flexibility index (Phi) is 6.80. The van der Waals surface area contributed by atoms with E-state index in [1.807, 2.05) is 0 Å². The highest BCUT2D eigenvalue weighted by Crippen LogP contribution is 2.13. The monoisotopic (exact) mass is 389 g/mol. The number of nitro benzene ring substituents is 1. The van der Waals surface area contributed by atoms with Gasteiger partial charge >= 0.3 is 0 Å². The quantitative estimate of drug-likeness (QED) is 0.406. The minimum absolute atomic E-state index is 0.0115. The lowest BCUT2D eigenvalue weighted by Crippen LogP contribution is -2.21. The average Bonchev–Trinajstić information content (AvgIpc) is 2.66. The van der Waals surface area contributed by atoms with Crippen molar-refractivity contribution < 1.29 is 18.1 Å². The molecule has 0 unspecified atom stereocenters. The molecular formula is C18H19N3O5S. The van der Waals surface area contributed by atoms with Gasteiger partial charge in [-0.3, -0.25) is 14.9 Å². The molecule has 0 aromatic heterocycles. The van der Waals surface area contributed by atoms with Gasteiger partial charge in [-0.15, -0.1) is 0 Å². The van der Waals surface area contributed by atoms with Gasteiger partial charge in [-0.05, 0) is 41.9 Å². The summed E-state index contributed by atoms with van der Waals surface area (Å²) in [7, 11) is -1.95. The van der Waals surface area contributed by atoms with Crippen LogP contribution in [0.1, 0.15) is 16.7 Å². The first-order valence-corrected chi connectivity index (χ1v) is 9.64. The summed E-state index contributed by atoms with van der Waals surface area (Å²) >= 11 is 0. The third-order valence-corrected chi connectivity index (χ3v) is 5.02. The summed E-state index contributed by atoms with van der Waals surface area (Å²) in [6.07, 6.45) is 2.90. The van der Waals surface area contributed by atoms with Crippen LogP contribution in [0.2, 0.25) is 0 Å². The number of nitrogens with one attached hydrogen (secondary N) is 2. The number of benzene rings is 2. The van der Waals surface area contributed by atoms with Crippen LogP contribution in [-0.4, -0.2) is 26.3 Å². The van der Waals surface area contributed by atoms with Crippen LogP contribution in [0.3, 0.4) is 0 Å². The van der Waals surface area contributed by atoms with E-state index in [0.717, 1.165) is 5.56 Å². The van der Waals surface area contributed by atoms with Crippen LogP contribution >= 0.6 is 0 Å². The summed E-state index contributed by atoms with van der Waals surface area (Å²) in [5.41, 5.74) is 2.14. The van der Waals surface area contributed by atoms with Crippen molar-refractivity contribution in [2.45, 2.75) is 12.3 Å². The van der Waals surface area contributed by atoms with Gasteiger partial charge in [-0.2, -0.15) is 0 Å². The maximum atomic E-state index is 11.9. The van der Waals surface area contributed by atoms with Crippen molar-refractivity contribution in [1.29, 1.82) is 0 Å². The number of hydrogen-bond acceptors (Lipinski definition) is 5. The minimum atomic E-state index is -3.32. The molecular weight excluding hydrogens is 370 g/mol. The van der Waals surface area contributed by atoms with E-state index in [-0.39, 0.29) is 17.3 Å². The molecule has 9 heteroatoms. The van der Waals surface area contributed by atoms with E-state index >= 15 is 0 Å². The number of carbonyl (C=O) groups excluding carboxylic acids is 1. The van der Waals surface area contributed by atoms with Gasteiger partial charge in [0.25, 0.3) is 5.69 Å². The SMILES string of the molecule is CNS(=O)(=O)Cc1ccc(CNC(=O)/C=C/c2ccc([N+](=O)[O-])cc2)cc1. The Morgan fingerprint density at radius 2 is 1.67 bits per heavy atom. The molecule has 8 nitrogen and oxygen atoms in total. The first-order valence-electron chi connectivity index (χ1n) is 7.98. The maximum absolute atomic E-state index is 11.9. The Morgan fingerprint density at radius 1 is 1.07 bits per heavy atom. The van der Waals surface area contributed by atoms with E-state index in [1.54, 1.807) is 42.5 Å². The lowest BCUT2D eigenvalue weighted by atomic mass is 10.1. The summed E-state index contributed by atoms with van der Waals surface area (Å²) in [5.74, 6) is -0.413. The molecule has 2 rings (SSSR count). The molecule has 27 heavy (non-hydrogen) atoms. The van der Waals surface area contributed by atoms with Crippen molar-refractivity contribution in [3.05, 3.63) is 81.4 Å². The molecule has 0 spiro atoms. The van der Waals surface area contributed by atoms with Gasteiger partial charge in [-0.25, -0.2) is 13.1 Å². The van der Waals surface area contributed by atoms with Crippen LogP contribution in [0.5, 0.6) is 0 Å². The van der Waals surface area contributed by atoms with Crippen LogP contribution in [0, 0.1) is 10.1 Å². The zero-order valence-electron chi connectivity index (χ0n) is 14.6. The maximum Gasteiger partial charge on any atom is 0.269 e. The van der Waals surface area contributed by atoms with Crippen LogP contribution in [-0.2, 0) is 27.1 Å². The Balaban J connectivity index is 1.87.